The topological polar surface area (TPSA) is 56.7 Å². The van der Waals surface area contributed by atoms with E-state index in [1.807, 2.05) is 97.2 Å². The second-order valence-electron chi connectivity index (χ2n) is 16.4. The summed E-state index contributed by atoms with van der Waals surface area (Å²) in [6.45, 7) is 0. The van der Waals surface area contributed by atoms with E-state index in [1.54, 1.807) is 6.20 Å². The van der Waals surface area contributed by atoms with Gasteiger partial charge in [-0.15, -0.1) is 12.1 Å². The molecule has 5 nitrogen and oxygen atoms in total. The van der Waals surface area contributed by atoms with Crippen LogP contribution in [0.2, 0.25) is 17.3 Å². The molecule has 0 N–H and O–H groups in total. The fraction of sp³-hybridized carbons (Fsp3) is 0.0536. The van der Waals surface area contributed by atoms with E-state index in [0.717, 1.165) is 72.1 Å². The number of fused-ring (bicyclic) bond motifs is 4. The monoisotopic (exact) mass is 1070 g/mol. The standard InChI is InChI=1S/C42H25FN3O.C14H16GeN.Ir/c43-39-25-38-34(26-44-39)40-31(28-14-6-2-7-15-28)21-22-32(41(40)47-38)42-45-35-18-10-11-19-37(35)46(42)36-23-20-30(27-12-4-1-5-13-27)24-33(36)29-16-8-3-9-17-29;1-15(2,3)13-9-10-14(16-11-13)12-7-5-4-6-8-12;/h1-21,23-26H;4-7,9-11H,1-3H3;/q2*-1;. The van der Waals surface area contributed by atoms with E-state index in [0.29, 0.717) is 22.6 Å². The van der Waals surface area contributed by atoms with Crippen LogP contribution in [0.15, 0.2) is 199 Å². The fourth-order valence-electron chi connectivity index (χ4n) is 8.08. The molecule has 0 saturated heterocycles. The van der Waals surface area contributed by atoms with Gasteiger partial charge in [0.25, 0.3) is 0 Å². The molecule has 11 rings (SSSR count). The molecule has 11 aromatic rings. The number of rotatable bonds is 7. The molecule has 0 aliphatic carbocycles. The third kappa shape index (κ3) is 8.38. The molecule has 8 heteroatoms. The average molecular weight is 1070 g/mol. The van der Waals surface area contributed by atoms with Crippen molar-refractivity contribution in [3.05, 3.63) is 212 Å². The Bertz CT molecular complexity index is 3370. The first-order chi connectivity index (χ1) is 30.8. The van der Waals surface area contributed by atoms with Gasteiger partial charge in [0.1, 0.15) is 5.58 Å². The summed E-state index contributed by atoms with van der Waals surface area (Å²) < 4.78 is 24.5. The SMILES string of the molecule is Fc1cc2oc3c(-c4nc5ccccc5n4-c4ccc(-c5ccccc5)cc4-c4ccccc4)[c-]cc(-c4ccccc4)c3c2cn1.[CH3][Ge]([CH3])([CH3])[c]1ccc(-c2[c-]cccc2)nc1.[Ir]. The van der Waals surface area contributed by atoms with Crippen LogP contribution in [0.5, 0.6) is 0 Å². The second kappa shape index (κ2) is 18.1. The van der Waals surface area contributed by atoms with Gasteiger partial charge in [-0.1, -0.05) is 126 Å². The van der Waals surface area contributed by atoms with E-state index in [-0.39, 0.29) is 20.1 Å². The van der Waals surface area contributed by atoms with Crippen molar-refractivity contribution in [2.45, 2.75) is 17.3 Å². The van der Waals surface area contributed by atoms with Crippen molar-refractivity contribution >= 4 is 50.6 Å². The second-order valence-corrected chi connectivity index (χ2v) is 27.1. The van der Waals surface area contributed by atoms with E-state index < -0.39 is 19.2 Å². The fourth-order valence-corrected chi connectivity index (χ4v) is 10.3. The summed E-state index contributed by atoms with van der Waals surface area (Å²) in [6, 6.07) is 67.9. The number of hydrogen-bond donors (Lipinski definition) is 0. The molecule has 0 saturated carbocycles. The van der Waals surface area contributed by atoms with Crippen molar-refractivity contribution in [3.8, 4) is 61.7 Å². The average Bonchev–Trinajstić information content (AvgIpc) is 3.91. The van der Waals surface area contributed by atoms with E-state index in [9.17, 15) is 4.39 Å². The Morgan fingerprint density at radius 1 is 0.609 bits per heavy atom. The largest absolute Gasteiger partial charge is 0 e. The van der Waals surface area contributed by atoms with Gasteiger partial charge in [0.2, 0.25) is 5.95 Å². The van der Waals surface area contributed by atoms with E-state index in [4.69, 9.17) is 9.40 Å². The third-order valence-corrected chi connectivity index (χ3v) is 15.6. The predicted octanol–water partition coefficient (Wildman–Crippen LogP) is 14.0. The van der Waals surface area contributed by atoms with Crippen LogP contribution in [0.1, 0.15) is 0 Å². The maximum absolute atomic E-state index is 14.4. The Hall–Kier alpha value is -6.77. The zero-order chi connectivity index (χ0) is 42.9. The molecule has 4 aromatic heterocycles. The quantitative estimate of drug-likeness (QED) is 0.0907. The minimum atomic E-state index is -1.72. The number of aromatic nitrogens is 4. The normalized spacial score (nSPS) is 11.3. The van der Waals surface area contributed by atoms with Crippen molar-refractivity contribution in [2.75, 3.05) is 0 Å². The smallest absolute Gasteiger partial charge is 0 e. The van der Waals surface area contributed by atoms with Gasteiger partial charge in [0, 0.05) is 49.0 Å². The van der Waals surface area contributed by atoms with Gasteiger partial charge in [-0.3, -0.25) is 4.98 Å². The Labute approximate surface area is 388 Å². The first-order valence-corrected chi connectivity index (χ1v) is 28.3. The molecule has 64 heavy (non-hydrogen) atoms. The number of imidazole rings is 1. The van der Waals surface area contributed by atoms with Gasteiger partial charge in [0.05, 0.1) is 22.4 Å². The maximum atomic E-state index is 14.4. The van der Waals surface area contributed by atoms with Crippen LogP contribution < -0.4 is 4.40 Å². The summed E-state index contributed by atoms with van der Waals surface area (Å²) >= 11 is -1.72. The summed E-state index contributed by atoms with van der Waals surface area (Å²) in [5.41, 5.74) is 12.8. The van der Waals surface area contributed by atoms with E-state index >= 15 is 0 Å². The van der Waals surface area contributed by atoms with Crippen molar-refractivity contribution in [1.29, 1.82) is 0 Å². The van der Waals surface area contributed by atoms with Gasteiger partial charge in [0.15, 0.2) is 0 Å². The summed E-state index contributed by atoms with van der Waals surface area (Å²) in [6.07, 6.45) is 3.59. The Morgan fingerprint density at radius 2 is 1.28 bits per heavy atom. The van der Waals surface area contributed by atoms with Crippen LogP contribution in [-0.4, -0.2) is 32.8 Å². The number of halogens is 1. The minimum Gasteiger partial charge on any atom is 0 e. The van der Waals surface area contributed by atoms with Crippen molar-refractivity contribution < 1.29 is 28.9 Å². The summed E-state index contributed by atoms with van der Waals surface area (Å²) in [5.74, 6) is 7.22. The molecule has 0 unspecified atom stereocenters. The number of nitrogens with zero attached hydrogens (tertiary/aromatic N) is 4. The third-order valence-electron chi connectivity index (χ3n) is 11.3. The molecule has 0 spiro atoms. The number of para-hydroxylation sites is 2. The Balaban J connectivity index is 0.000000258. The minimum absolute atomic E-state index is 0. The number of furan rings is 1. The molecule has 0 atom stereocenters. The molecule has 0 bridgehead atoms. The number of pyridine rings is 2. The van der Waals surface area contributed by atoms with Crippen LogP contribution in [-0.2, 0) is 20.1 Å². The maximum Gasteiger partial charge on any atom is 0 e. The van der Waals surface area contributed by atoms with Crippen molar-refractivity contribution in [2.24, 2.45) is 0 Å². The molecular weight excluding hydrogens is 1030 g/mol. The summed E-state index contributed by atoms with van der Waals surface area (Å²) in [5, 5.41) is 1.57. The number of hydrogen-bond acceptors (Lipinski definition) is 4. The van der Waals surface area contributed by atoms with Crippen LogP contribution in [0.4, 0.5) is 4.39 Å². The molecule has 0 aliphatic rings. The van der Waals surface area contributed by atoms with Gasteiger partial charge < -0.3 is 8.98 Å². The molecule has 7 aromatic carbocycles. The van der Waals surface area contributed by atoms with E-state index in [2.05, 4.69) is 129 Å². The molecule has 0 fully saturated rings. The first-order valence-electron chi connectivity index (χ1n) is 20.9. The molecule has 313 valence electrons. The van der Waals surface area contributed by atoms with Gasteiger partial charge >= 0.3 is 99.8 Å². The molecule has 1 radical (unpaired) electrons. The van der Waals surface area contributed by atoms with Gasteiger partial charge in [-0.25, -0.2) is 4.98 Å². The summed E-state index contributed by atoms with van der Waals surface area (Å²) in [7, 11) is 0. The molecule has 4 heterocycles. The number of benzene rings is 7. The first kappa shape index (κ1) is 42.5. The van der Waals surface area contributed by atoms with E-state index in [1.165, 1.54) is 10.5 Å². The molecule has 0 aliphatic heterocycles. The zero-order valence-electron chi connectivity index (χ0n) is 35.4. The zero-order valence-corrected chi connectivity index (χ0v) is 39.9. The molecular formula is C56H41FGeIrN4O-2. The molecule has 0 amide bonds. The summed E-state index contributed by atoms with van der Waals surface area (Å²) in [4.78, 5) is 13.7. The Kier molecular flexibility index (Phi) is 12.1. The predicted molar refractivity (Wildman–Crippen MR) is 258 cm³/mol. The van der Waals surface area contributed by atoms with Crippen LogP contribution in [0, 0.1) is 18.1 Å². The van der Waals surface area contributed by atoms with Crippen LogP contribution >= 0.6 is 0 Å². The van der Waals surface area contributed by atoms with Crippen molar-refractivity contribution in [1.82, 2.24) is 19.5 Å². The van der Waals surface area contributed by atoms with Crippen LogP contribution in [0.25, 0.3) is 94.7 Å². The van der Waals surface area contributed by atoms with Crippen LogP contribution in [0.3, 0.4) is 0 Å². The van der Waals surface area contributed by atoms with Gasteiger partial charge in [-0.2, -0.15) is 4.39 Å². The Morgan fingerprint density at radius 3 is 1.95 bits per heavy atom. The van der Waals surface area contributed by atoms with Gasteiger partial charge in [-0.05, 0) is 46.3 Å². The van der Waals surface area contributed by atoms with Crippen molar-refractivity contribution in [3.63, 3.8) is 0 Å².